The summed E-state index contributed by atoms with van der Waals surface area (Å²) in [5.41, 5.74) is 5.16. The molecule has 5 aliphatic carbocycles. The highest BCUT2D eigenvalue weighted by atomic mass is 32.2. The summed E-state index contributed by atoms with van der Waals surface area (Å²) in [7, 11) is -3.00. The molecule has 7 rings (SSSR count). The van der Waals surface area contributed by atoms with Gasteiger partial charge in [-0.15, -0.1) is 0 Å². The lowest BCUT2D eigenvalue weighted by Crippen LogP contribution is -2.65. The Balaban J connectivity index is 1.10. The van der Waals surface area contributed by atoms with Crippen molar-refractivity contribution in [3.05, 3.63) is 53.6 Å². The van der Waals surface area contributed by atoms with E-state index in [0.29, 0.717) is 61.2 Å². The van der Waals surface area contributed by atoms with Crippen molar-refractivity contribution < 1.29 is 23.1 Å². The average Bonchev–Trinajstić information content (AvgIpc) is 3.47. The first-order chi connectivity index (χ1) is 24.4. The van der Waals surface area contributed by atoms with E-state index in [9.17, 15) is 23.1 Å². The zero-order chi connectivity index (χ0) is 37.5. The van der Waals surface area contributed by atoms with Gasteiger partial charge in [-0.05, 0) is 145 Å². The summed E-state index contributed by atoms with van der Waals surface area (Å²) in [5, 5.41) is 13.3. The van der Waals surface area contributed by atoms with Crippen LogP contribution in [0, 0.1) is 56.7 Å². The normalized spacial score (nSPS) is 40.4. The van der Waals surface area contributed by atoms with E-state index in [0.717, 1.165) is 18.5 Å². The first-order valence-electron chi connectivity index (χ1n) is 20.3. The third kappa shape index (κ3) is 5.86. The molecule has 1 heterocycles. The number of allylic oxidation sites excluding steroid dienone is 3. The smallest absolute Gasteiger partial charge is 0.335 e. The molecule has 1 amide bonds. The number of carboxylic acids is 1. The summed E-state index contributed by atoms with van der Waals surface area (Å²) in [6, 6.07) is 7.55. The van der Waals surface area contributed by atoms with Crippen LogP contribution in [0.3, 0.4) is 0 Å². The van der Waals surface area contributed by atoms with Crippen LogP contribution >= 0.6 is 0 Å². The maximum Gasteiger partial charge on any atom is 0.335 e. The molecule has 286 valence electrons. The lowest BCUT2D eigenvalue weighted by molar-refractivity contribution is -0.225. The lowest BCUT2D eigenvalue weighted by Gasteiger charge is -2.72. The molecule has 5 fully saturated rings. The van der Waals surface area contributed by atoms with Crippen LogP contribution in [0.4, 0.5) is 0 Å². The highest BCUT2D eigenvalue weighted by Gasteiger charge is 2.70. The minimum absolute atomic E-state index is 0.00615. The van der Waals surface area contributed by atoms with Gasteiger partial charge < -0.3 is 15.3 Å². The molecule has 1 aliphatic heterocycles. The zero-order valence-electron chi connectivity index (χ0n) is 32.7. The van der Waals surface area contributed by atoms with Gasteiger partial charge in [0.1, 0.15) is 0 Å². The Bertz CT molecular complexity index is 1740. The fraction of sp³-hybridized carbons (Fsp3) is 0.727. The Kier molecular flexibility index (Phi) is 9.53. The lowest BCUT2D eigenvalue weighted by atomic mass is 9.32. The summed E-state index contributed by atoms with van der Waals surface area (Å²) in [5.74, 6) is 2.37. The summed E-state index contributed by atoms with van der Waals surface area (Å²) < 4.78 is 23.7. The van der Waals surface area contributed by atoms with Gasteiger partial charge in [0, 0.05) is 32.6 Å². The van der Waals surface area contributed by atoms with E-state index in [1.54, 1.807) is 17.0 Å². The number of hydrogen-bond acceptors (Lipinski definition) is 5. The van der Waals surface area contributed by atoms with Crippen molar-refractivity contribution in [1.82, 2.24) is 10.2 Å². The number of carbonyl (C=O) groups excluding carboxylic acids is 1. The molecule has 9 atom stereocenters. The first-order valence-corrected chi connectivity index (χ1v) is 22.1. The molecule has 1 saturated heterocycles. The maximum absolute atomic E-state index is 13.0. The molecule has 8 heteroatoms. The number of fused-ring (bicyclic) bond motifs is 7. The van der Waals surface area contributed by atoms with E-state index in [1.807, 2.05) is 12.1 Å². The molecule has 0 bridgehead atoms. The predicted octanol–water partition coefficient (Wildman–Crippen LogP) is 8.27. The molecule has 6 aliphatic rings. The summed E-state index contributed by atoms with van der Waals surface area (Å²) in [6.45, 7) is 22.0. The second-order valence-electron chi connectivity index (χ2n) is 19.4. The van der Waals surface area contributed by atoms with E-state index < -0.39 is 15.8 Å². The zero-order valence-corrected chi connectivity index (χ0v) is 33.5. The number of carbonyl (C=O) groups is 2. The number of carboxylic acid groups (broad SMARTS) is 1. The topological polar surface area (TPSA) is 104 Å². The third-order valence-corrected chi connectivity index (χ3v) is 18.6. The molecule has 1 aromatic rings. The van der Waals surface area contributed by atoms with Gasteiger partial charge in [0.15, 0.2) is 9.84 Å². The monoisotopic (exact) mass is 732 g/mol. The average molecular weight is 733 g/mol. The van der Waals surface area contributed by atoms with Gasteiger partial charge in [-0.1, -0.05) is 65.0 Å². The molecule has 7 nitrogen and oxygen atoms in total. The van der Waals surface area contributed by atoms with E-state index in [4.69, 9.17) is 0 Å². The van der Waals surface area contributed by atoms with Crippen LogP contribution in [0.5, 0.6) is 0 Å². The van der Waals surface area contributed by atoms with Crippen LogP contribution in [-0.4, -0.2) is 68.0 Å². The van der Waals surface area contributed by atoms with Crippen LogP contribution in [0.15, 0.2) is 42.5 Å². The summed E-state index contributed by atoms with van der Waals surface area (Å²) in [6.07, 6.45) is 14.0. The molecule has 0 spiro atoms. The standard InChI is InChI=1S/C44H64N2O5S/c1-29(2)32-14-20-44(28-45-23-17-37(47)46-24-26-52(50,51)27-25-46)22-21-42(6)34(38(32)44)12-13-36-41(5)18-15-33(30-8-10-31(11-9-30)39(48)49)40(3,4)35(41)16-19-43(36,42)7/h8-11,15,32,34-36,38,45H,1,12-14,16-28H2,2-7H3,(H,48,49)/t32-,34+,35-,36+,38+,41-,42+,43+,44+/m0/s1. The third-order valence-electron chi connectivity index (χ3n) is 16.9. The molecule has 52 heavy (non-hydrogen) atoms. The summed E-state index contributed by atoms with van der Waals surface area (Å²) in [4.78, 5) is 26.3. The van der Waals surface area contributed by atoms with Gasteiger partial charge in [-0.3, -0.25) is 4.79 Å². The van der Waals surface area contributed by atoms with E-state index in [1.165, 1.54) is 62.5 Å². The van der Waals surface area contributed by atoms with Gasteiger partial charge in [0.2, 0.25) is 5.91 Å². The van der Waals surface area contributed by atoms with Crippen molar-refractivity contribution in [2.75, 3.05) is 37.7 Å². The van der Waals surface area contributed by atoms with Crippen LogP contribution in [-0.2, 0) is 14.6 Å². The number of rotatable bonds is 8. The highest BCUT2D eigenvalue weighted by Crippen LogP contribution is 2.77. The Morgan fingerprint density at radius 2 is 1.60 bits per heavy atom. The number of sulfone groups is 1. The van der Waals surface area contributed by atoms with E-state index in [2.05, 4.69) is 59.5 Å². The Morgan fingerprint density at radius 1 is 0.904 bits per heavy atom. The van der Waals surface area contributed by atoms with Crippen molar-refractivity contribution in [3.63, 3.8) is 0 Å². The van der Waals surface area contributed by atoms with Crippen molar-refractivity contribution in [2.45, 2.75) is 106 Å². The number of aromatic carboxylic acids is 1. The number of amides is 1. The Hall–Kier alpha value is -2.45. The minimum Gasteiger partial charge on any atom is -0.478 e. The fourth-order valence-corrected chi connectivity index (χ4v) is 15.3. The SMILES string of the molecule is C=C(C)[C@@H]1CC[C@]2(CNCCC(=O)N3CCS(=O)(=O)CC3)CC[C@]3(C)[C@H](CC[C@@H]4[C@@]5(C)CC=C(c6ccc(C(=O)O)cc6)C(C)(C)[C@@H]5CC[C@]43C)[C@@H]12. The molecule has 2 N–H and O–H groups in total. The van der Waals surface area contributed by atoms with Crippen LogP contribution < -0.4 is 5.32 Å². The second kappa shape index (κ2) is 13.1. The van der Waals surface area contributed by atoms with Gasteiger partial charge >= 0.3 is 5.97 Å². The number of benzene rings is 1. The van der Waals surface area contributed by atoms with Crippen molar-refractivity contribution in [2.24, 2.45) is 56.7 Å². The molecular weight excluding hydrogens is 669 g/mol. The number of hydrogen-bond donors (Lipinski definition) is 2. The Labute approximate surface area is 313 Å². The fourth-order valence-electron chi connectivity index (χ4n) is 14.1. The van der Waals surface area contributed by atoms with E-state index >= 15 is 0 Å². The van der Waals surface area contributed by atoms with Crippen molar-refractivity contribution >= 4 is 27.3 Å². The molecule has 0 aromatic heterocycles. The second-order valence-corrected chi connectivity index (χ2v) is 21.7. The van der Waals surface area contributed by atoms with Gasteiger partial charge in [0.25, 0.3) is 0 Å². The molecule has 0 unspecified atom stereocenters. The molecule has 0 radical (unpaired) electrons. The molecule has 4 saturated carbocycles. The minimum atomic E-state index is -3.00. The van der Waals surface area contributed by atoms with Gasteiger partial charge in [-0.2, -0.15) is 0 Å². The number of nitrogens with zero attached hydrogens (tertiary/aromatic N) is 1. The van der Waals surface area contributed by atoms with Crippen molar-refractivity contribution in [1.29, 1.82) is 0 Å². The van der Waals surface area contributed by atoms with Crippen LogP contribution in [0.25, 0.3) is 5.57 Å². The summed E-state index contributed by atoms with van der Waals surface area (Å²) >= 11 is 0. The van der Waals surface area contributed by atoms with Gasteiger partial charge in [-0.25, -0.2) is 13.2 Å². The van der Waals surface area contributed by atoms with Crippen LogP contribution in [0.2, 0.25) is 0 Å². The van der Waals surface area contributed by atoms with Gasteiger partial charge in [0.05, 0.1) is 17.1 Å². The largest absolute Gasteiger partial charge is 0.478 e. The Morgan fingerprint density at radius 3 is 2.25 bits per heavy atom. The first kappa shape index (κ1) is 37.8. The molecular formula is C44H64N2O5S. The maximum atomic E-state index is 13.0. The van der Waals surface area contributed by atoms with Crippen molar-refractivity contribution in [3.8, 4) is 0 Å². The predicted molar refractivity (Wildman–Crippen MR) is 208 cm³/mol. The number of nitrogens with one attached hydrogen (secondary N) is 1. The van der Waals surface area contributed by atoms with E-state index in [-0.39, 0.29) is 44.5 Å². The molecule has 1 aromatic carbocycles. The van der Waals surface area contributed by atoms with Crippen LogP contribution in [0.1, 0.15) is 122 Å². The highest BCUT2D eigenvalue weighted by molar-refractivity contribution is 7.91. The quantitative estimate of drug-likeness (QED) is 0.206.